The minimum absolute atomic E-state index is 0.00278. The van der Waals surface area contributed by atoms with Gasteiger partial charge in [0.2, 0.25) is 0 Å². The summed E-state index contributed by atoms with van der Waals surface area (Å²) in [6.07, 6.45) is 3.06. The number of nitrogens with one attached hydrogen (secondary N) is 3. The molecule has 0 bridgehead atoms. The fraction of sp³-hybridized carbons (Fsp3) is 0.333. The van der Waals surface area contributed by atoms with Crippen LogP contribution in [0.15, 0.2) is 29.6 Å². The molecule has 8 heteroatoms. The fourth-order valence-electron chi connectivity index (χ4n) is 1.72. The molecule has 0 aromatic carbocycles. The lowest BCUT2D eigenvalue weighted by atomic mass is 10.3. The maximum absolute atomic E-state index is 12.3. The quantitative estimate of drug-likeness (QED) is 0.739. The summed E-state index contributed by atoms with van der Waals surface area (Å²) in [7, 11) is -3.67. The van der Waals surface area contributed by atoms with Crippen LogP contribution in [-0.4, -0.2) is 30.1 Å². The van der Waals surface area contributed by atoms with Gasteiger partial charge in [-0.15, -0.1) is 0 Å². The summed E-state index contributed by atoms with van der Waals surface area (Å²) in [5.74, 6) is 0. The van der Waals surface area contributed by atoms with Crippen molar-refractivity contribution in [3.63, 3.8) is 0 Å². The van der Waals surface area contributed by atoms with Gasteiger partial charge in [0.25, 0.3) is 10.0 Å². The van der Waals surface area contributed by atoms with Crippen molar-refractivity contribution in [1.29, 1.82) is 0 Å². The maximum atomic E-state index is 12.3. The van der Waals surface area contributed by atoms with Gasteiger partial charge >= 0.3 is 0 Å². The first-order valence-electron chi connectivity index (χ1n) is 6.22. The van der Waals surface area contributed by atoms with Gasteiger partial charge in [0.1, 0.15) is 0 Å². The number of hydrogen-bond donors (Lipinski definition) is 3. The van der Waals surface area contributed by atoms with Crippen LogP contribution in [0.5, 0.6) is 0 Å². The number of aromatic amines is 1. The van der Waals surface area contributed by atoms with E-state index in [1.807, 2.05) is 13.8 Å². The molecule has 0 fully saturated rings. The highest BCUT2D eigenvalue weighted by Crippen LogP contribution is 2.18. The number of H-pyrrole nitrogens is 1. The van der Waals surface area contributed by atoms with E-state index in [-0.39, 0.29) is 11.6 Å². The van der Waals surface area contributed by atoms with Gasteiger partial charge in [-0.05, 0) is 26.0 Å². The number of anilines is 1. The molecule has 0 amide bonds. The largest absolute Gasteiger partial charge is 0.383 e. The standard InChI is InChI=1S/C12H17N5O2S/c1-3-13-11-5-4-6-14-12(11)20(18,19)16-8-10-7-15-17-9(10)2/h4-7,13,16H,3,8H2,1-2H3,(H,15,17). The Morgan fingerprint density at radius 1 is 1.40 bits per heavy atom. The first-order valence-corrected chi connectivity index (χ1v) is 7.70. The maximum Gasteiger partial charge on any atom is 0.260 e. The zero-order valence-corrected chi connectivity index (χ0v) is 12.2. The van der Waals surface area contributed by atoms with E-state index in [2.05, 4.69) is 25.2 Å². The molecule has 20 heavy (non-hydrogen) atoms. The van der Waals surface area contributed by atoms with Gasteiger partial charge in [-0.2, -0.15) is 5.10 Å². The van der Waals surface area contributed by atoms with Crippen molar-refractivity contribution in [1.82, 2.24) is 19.9 Å². The number of rotatable bonds is 6. The first-order chi connectivity index (χ1) is 9.54. The number of hydrogen-bond acceptors (Lipinski definition) is 5. The van der Waals surface area contributed by atoms with E-state index in [0.717, 1.165) is 11.3 Å². The zero-order chi connectivity index (χ0) is 14.6. The Labute approximate surface area is 117 Å². The number of aromatic nitrogens is 3. The van der Waals surface area contributed by atoms with Crippen molar-refractivity contribution in [2.45, 2.75) is 25.4 Å². The topological polar surface area (TPSA) is 99.8 Å². The van der Waals surface area contributed by atoms with Crippen LogP contribution >= 0.6 is 0 Å². The molecule has 0 unspecified atom stereocenters. The Hall–Kier alpha value is -1.93. The van der Waals surface area contributed by atoms with Gasteiger partial charge in [-0.1, -0.05) is 0 Å². The van der Waals surface area contributed by atoms with Crippen molar-refractivity contribution in [2.24, 2.45) is 0 Å². The third-order valence-corrected chi connectivity index (χ3v) is 4.14. The van der Waals surface area contributed by atoms with E-state index in [1.54, 1.807) is 18.3 Å². The second-order valence-electron chi connectivity index (χ2n) is 4.23. The van der Waals surface area contributed by atoms with Crippen molar-refractivity contribution >= 4 is 15.7 Å². The Balaban J connectivity index is 2.20. The number of pyridine rings is 1. The van der Waals surface area contributed by atoms with Gasteiger partial charge in [0.15, 0.2) is 5.03 Å². The Kier molecular flexibility index (Phi) is 4.35. The van der Waals surface area contributed by atoms with E-state index in [1.165, 1.54) is 6.20 Å². The minimum atomic E-state index is -3.67. The van der Waals surface area contributed by atoms with Crippen molar-refractivity contribution in [2.75, 3.05) is 11.9 Å². The normalized spacial score (nSPS) is 11.5. The molecule has 2 aromatic heterocycles. The lowest BCUT2D eigenvalue weighted by molar-refractivity contribution is 0.577. The highest BCUT2D eigenvalue weighted by Gasteiger charge is 2.20. The summed E-state index contributed by atoms with van der Waals surface area (Å²) in [6.45, 7) is 4.52. The first kappa shape index (κ1) is 14.5. The zero-order valence-electron chi connectivity index (χ0n) is 11.3. The second-order valence-corrected chi connectivity index (χ2v) is 5.91. The molecule has 0 aliphatic heterocycles. The fourth-order valence-corrected chi connectivity index (χ4v) is 2.84. The Morgan fingerprint density at radius 2 is 2.20 bits per heavy atom. The Morgan fingerprint density at radius 3 is 2.85 bits per heavy atom. The van der Waals surface area contributed by atoms with Crippen molar-refractivity contribution in [3.05, 3.63) is 35.8 Å². The van der Waals surface area contributed by atoms with Crippen LogP contribution in [0.3, 0.4) is 0 Å². The van der Waals surface area contributed by atoms with Crippen LogP contribution < -0.4 is 10.0 Å². The molecule has 0 atom stereocenters. The summed E-state index contributed by atoms with van der Waals surface area (Å²) in [5, 5.41) is 9.61. The van der Waals surface area contributed by atoms with Crippen molar-refractivity contribution < 1.29 is 8.42 Å². The van der Waals surface area contributed by atoms with Crippen LogP contribution in [0, 0.1) is 6.92 Å². The number of sulfonamides is 1. The number of aryl methyl sites for hydroxylation is 1. The molecule has 0 aliphatic carbocycles. The van der Waals surface area contributed by atoms with Crippen LogP contribution in [0.1, 0.15) is 18.2 Å². The predicted molar refractivity (Wildman–Crippen MR) is 75.8 cm³/mol. The van der Waals surface area contributed by atoms with Gasteiger partial charge in [0.05, 0.1) is 11.9 Å². The Bertz CT molecular complexity index is 681. The van der Waals surface area contributed by atoms with Crippen molar-refractivity contribution in [3.8, 4) is 0 Å². The van der Waals surface area contributed by atoms with E-state index < -0.39 is 10.0 Å². The van der Waals surface area contributed by atoms with Crippen LogP contribution in [-0.2, 0) is 16.6 Å². The smallest absolute Gasteiger partial charge is 0.260 e. The lowest BCUT2D eigenvalue weighted by Gasteiger charge is -2.10. The van der Waals surface area contributed by atoms with Gasteiger partial charge in [0, 0.05) is 30.5 Å². The molecule has 2 aromatic rings. The summed E-state index contributed by atoms with van der Waals surface area (Å²) >= 11 is 0. The van der Waals surface area contributed by atoms with Gasteiger partial charge in [-0.25, -0.2) is 18.1 Å². The minimum Gasteiger partial charge on any atom is -0.383 e. The molecule has 0 saturated heterocycles. The molecule has 0 radical (unpaired) electrons. The molecular formula is C12H17N5O2S. The molecule has 2 rings (SSSR count). The van der Waals surface area contributed by atoms with E-state index in [0.29, 0.717) is 12.2 Å². The summed E-state index contributed by atoms with van der Waals surface area (Å²) in [4.78, 5) is 3.95. The molecular weight excluding hydrogens is 278 g/mol. The van der Waals surface area contributed by atoms with Crippen LogP contribution in [0.25, 0.3) is 0 Å². The highest BCUT2D eigenvalue weighted by molar-refractivity contribution is 7.89. The van der Waals surface area contributed by atoms with E-state index in [4.69, 9.17) is 0 Å². The molecule has 0 aliphatic rings. The van der Waals surface area contributed by atoms with E-state index in [9.17, 15) is 8.42 Å². The lowest BCUT2D eigenvalue weighted by Crippen LogP contribution is -2.25. The number of nitrogens with zero attached hydrogens (tertiary/aromatic N) is 2. The average Bonchev–Trinajstić information content (AvgIpc) is 2.83. The van der Waals surface area contributed by atoms with Crippen LogP contribution in [0.4, 0.5) is 5.69 Å². The highest BCUT2D eigenvalue weighted by atomic mass is 32.2. The molecule has 2 heterocycles. The van der Waals surface area contributed by atoms with Crippen LogP contribution in [0.2, 0.25) is 0 Å². The summed E-state index contributed by atoms with van der Waals surface area (Å²) < 4.78 is 27.1. The molecule has 0 saturated carbocycles. The van der Waals surface area contributed by atoms with Gasteiger partial charge in [-0.3, -0.25) is 5.10 Å². The molecule has 3 N–H and O–H groups in total. The molecule has 0 spiro atoms. The summed E-state index contributed by atoms with van der Waals surface area (Å²) in [5.41, 5.74) is 2.13. The second kappa shape index (κ2) is 6.02. The summed E-state index contributed by atoms with van der Waals surface area (Å²) in [6, 6.07) is 3.38. The third kappa shape index (κ3) is 3.14. The van der Waals surface area contributed by atoms with Gasteiger partial charge < -0.3 is 5.32 Å². The molecule has 108 valence electrons. The van der Waals surface area contributed by atoms with E-state index >= 15 is 0 Å². The third-order valence-electron chi connectivity index (χ3n) is 2.78. The average molecular weight is 295 g/mol. The molecule has 7 nitrogen and oxygen atoms in total. The monoisotopic (exact) mass is 295 g/mol. The SMILES string of the molecule is CCNc1cccnc1S(=O)(=O)NCc1cn[nH]c1C. The predicted octanol–water partition coefficient (Wildman–Crippen LogP) is 1.02.